The van der Waals surface area contributed by atoms with Crippen LogP contribution in [0.5, 0.6) is 0 Å². The minimum atomic E-state index is 1.20. The fourth-order valence-corrected chi connectivity index (χ4v) is 9.46. The molecule has 0 unspecified atom stereocenters. The smallest absolute Gasteiger partial charge is 0.00206 e. The molecule has 0 saturated carbocycles. The van der Waals surface area contributed by atoms with E-state index in [0.29, 0.717) is 0 Å². The number of hydrogen-bond acceptors (Lipinski definition) is 0. The highest BCUT2D eigenvalue weighted by atomic mass is 14.2. The highest BCUT2D eigenvalue weighted by molar-refractivity contribution is 6.26. The molecule has 0 spiro atoms. The van der Waals surface area contributed by atoms with Gasteiger partial charge in [-0.3, -0.25) is 0 Å². The summed E-state index contributed by atoms with van der Waals surface area (Å²) in [6.45, 7) is 0. The third kappa shape index (κ3) is 4.79. The van der Waals surface area contributed by atoms with Crippen molar-refractivity contribution in [3.8, 4) is 55.6 Å². The van der Waals surface area contributed by atoms with Crippen LogP contribution in [0.3, 0.4) is 0 Å². The molecule has 12 rings (SSSR count). The highest BCUT2D eigenvalue weighted by Crippen LogP contribution is 2.43. The van der Waals surface area contributed by atoms with Gasteiger partial charge in [-0.05, 0) is 151 Å². The second kappa shape index (κ2) is 12.1. The number of benzene rings is 12. The van der Waals surface area contributed by atoms with Crippen molar-refractivity contribution in [2.24, 2.45) is 0 Å². The van der Waals surface area contributed by atoms with Crippen LogP contribution in [0.2, 0.25) is 0 Å². The molecule has 0 aliphatic carbocycles. The number of rotatable bonds is 5. The minimum absolute atomic E-state index is 1.20. The molecule has 0 amide bonds. The molecule has 12 aromatic carbocycles. The second-order valence-corrected chi connectivity index (χ2v) is 15.3. The predicted molar refractivity (Wildman–Crippen MR) is 241 cm³/mol. The third-order valence-electron chi connectivity index (χ3n) is 12.1. The van der Waals surface area contributed by atoms with Gasteiger partial charge in [-0.15, -0.1) is 0 Å². The van der Waals surface area contributed by atoms with Gasteiger partial charge in [0.2, 0.25) is 0 Å². The Hall–Kier alpha value is -7.28. The Balaban J connectivity index is 1.01. The molecule has 258 valence electrons. The Labute approximate surface area is 325 Å². The summed E-state index contributed by atoms with van der Waals surface area (Å²) >= 11 is 0. The first kappa shape index (κ1) is 31.1. The van der Waals surface area contributed by atoms with E-state index < -0.39 is 0 Å². The summed E-state index contributed by atoms with van der Waals surface area (Å²) in [6.07, 6.45) is 0. The largest absolute Gasteiger partial charge is 0.0622 e. The zero-order valence-corrected chi connectivity index (χ0v) is 30.6. The molecule has 0 saturated heterocycles. The van der Waals surface area contributed by atoms with Crippen LogP contribution in [0.25, 0.3) is 120 Å². The molecular formula is C56H34. The Morgan fingerprint density at radius 1 is 0.179 bits per heavy atom. The molecular weight excluding hydrogens is 673 g/mol. The summed E-state index contributed by atoms with van der Waals surface area (Å²) in [5.41, 5.74) is 12.2. The maximum atomic E-state index is 2.38. The SMILES string of the molecule is c1ccc(-c2cc(-c3cccc(-c4ccc5ccc6cccc7ccc4c5c67)c3)cc(-c3cccc(-c4ccc5ccc6cccc7ccc4c5c67)c3)c2)cc1. The van der Waals surface area contributed by atoms with Crippen LogP contribution < -0.4 is 0 Å². The standard InChI is InChI=1S/C56H34/c1-2-8-35(9-3-1)46-32-47(42-14-6-16-44(30-42)49-26-22-40-20-18-36-10-4-12-38-24-28-51(49)55(40)53(36)38)34-48(33-46)43-15-7-17-45(31-43)50-27-23-41-21-19-37-11-5-13-39-25-29-52(50)56(41)54(37)39/h1-34H. The van der Waals surface area contributed by atoms with Gasteiger partial charge in [0.25, 0.3) is 0 Å². The molecule has 12 aromatic rings. The van der Waals surface area contributed by atoms with E-state index in [4.69, 9.17) is 0 Å². The van der Waals surface area contributed by atoms with Gasteiger partial charge in [-0.2, -0.15) is 0 Å². The summed E-state index contributed by atoms with van der Waals surface area (Å²) < 4.78 is 0. The normalized spacial score (nSPS) is 11.9. The summed E-state index contributed by atoms with van der Waals surface area (Å²) in [4.78, 5) is 0. The molecule has 0 heteroatoms. The van der Waals surface area contributed by atoms with Gasteiger partial charge in [-0.25, -0.2) is 0 Å². The molecule has 56 heavy (non-hydrogen) atoms. The van der Waals surface area contributed by atoms with E-state index >= 15 is 0 Å². The van der Waals surface area contributed by atoms with E-state index in [0.717, 1.165) is 0 Å². The Bertz CT molecular complexity index is 3220. The zero-order valence-electron chi connectivity index (χ0n) is 30.6. The quantitative estimate of drug-likeness (QED) is 0.156. The van der Waals surface area contributed by atoms with Gasteiger partial charge in [0.1, 0.15) is 0 Å². The molecule has 0 nitrogen and oxygen atoms in total. The van der Waals surface area contributed by atoms with Crippen molar-refractivity contribution in [2.45, 2.75) is 0 Å². The van der Waals surface area contributed by atoms with Crippen LogP contribution in [0.1, 0.15) is 0 Å². The van der Waals surface area contributed by atoms with Gasteiger partial charge in [0, 0.05) is 0 Å². The van der Waals surface area contributed by atoms with E-state index in [1.54, 1.807) is 0 Å². The van der Waals surface area contributed by atoms with Crippen LogP contribution in [0, 0.1) is 0 Å². The molecule has 0 atom stereocenters. The van der Waals surface area contributed by atoms with Crippen molar-refractivity contribution in [3.63, 3.8) is 0 Å². The zero-order chi connectivity index (χ0) is 36.7. The summed E-state index contributed by atoms with van der Waals surface area (Å²) in [5.74, 6) is 0. The lowest BCUT2D eigenvalue weighted by Crippen LogP contribution is -1.90. The van der Waals surface area contributed by atoms with Crippen LogP contribution >= 0.6 is 0 Å². The van der Waals surface area contributed by atoms with Gasteiger partial charge >= 0.3 is 0 Å². The average molecular weight is 707 g/mol. The topological polar surface area (TPSA) is 0 Å². The number of hydrogen-bond donors (Lipinski definition) is 0. The first-order valence-electron chi connectivity index (χ1n) is 19.5. The van der Waals surface area contributed by atoms with E-state index in [2.05, 4.69) is 206 Å². The van der Waals surface area contributed by atoms with Gasteiger partial charge in [-0.1, -0.05) is 176 Å². The second-order valence-electron chi connectivity index (χ2n) is 15.3. The molecule has 0 N–H and O–H groups in total. The average Bonchev–Trinajstić information content (AvgIpc) is 3.27. The first-order chi connectivity index (χ1) is 27.7. The van der Waals surface area contributed by atoms with Gasteiger partial charge < -0.3 is 0 Å². The van der Waals surface area contributed by atoms with Crippen molar-refractivity contribution in [1.82, 2.24) is 0 Å². The monoisotopic (exact) mass is 706 g/mol. The lowest BCUT2D eigenvalue weighted by Gasteiger charge is -2.16. The molecule has 0 bridgehead atoms. The molecule has 0 aliphatic rings. The highest BCUT2D eigenvalue weighted by Gasteiger charge is 2.16. The Morgan fingerprint density at radius 2 is 0.500 bits per heavy atom. The van der Waals surface area contributed by atoms with Crippen LogP contribution in [-0.2, 0) is 0 Å². The van der Waals surface area contributed by atoms with Crippen molar-refractivity contribution in [3.05, 3.63) is 206 Å². The summed E-state index contributed by atoms with van der Waals surface area (Å²) in [5, 5.41) is 15.7. The van der Waals surface area contributed by atoms with Crippen LogP contribution in [0.4, 0.5) is 0 Å². The molecule has 0 radical (unpaired) electrons. The van der Waals surface area contributed by atoms with Crippen molar-refractivity contribution in [1.29, 1.82) is 0 Å². The van der Waals surface area contributed by atoms with E-state index in [1.165, 1.54) is 120 Å². The molecule has 0 aliphatic heterocycles. The lowest BCUT2D eigenvalue weighted by molar-refractivity contribution is 1.56. The first-order valence-corrected chi connectivity index (χ1v) is 19.5. The van der Waals surface area contributed by atoms with Crippen molar-refractivity contribution in [2.75, 3.05) is 0 Å². The van der Waals surface area contributed by atoms with Crippen molar-refractivity contribution < 1.29 is 0 Å². The maximum Gasteiger partial charge on any atom is -0.00206 e. The van der Waals surface area contributed by atoms with Crippen LogP contribution in [0.15, 0.2) is 206 Å². The minimum Gasteiger partial charge on any atom is -0.0622 e. The van der Waals surface area contributed by atoms with Gasteiger partial charge in [0.15, 0.2) is 0 Å². The fourth-order valence-electron chi connectivity index (χ4n) is 9.46. The maximum absolute atomic E-state index is 2.38. The molecule has 0 aromatic heterocycles. The summed E-state index contributed by atoms with van der Waals surface area (Å²) in [7, 11) is 0. The summed E-state index contributed by atoms with van der Waals surface area (Å²) in [6, 6.07) is 76.7. The van der Waals surface area contributed by atoms with Crippen LogP contribution in [-0.4, -0.2) is 0 Å². The molecule has 0 fully saturated rings. The fraction of sp³-hybridized carbons (Fsp3) is 0. The molecule has 0 heterocycles. The predicted octanol–water partition coefficient (Wildman–Crippen LogP) is 15.8. The van der Waals surface area contributed by atoms with E-state index in [-0.39, 0.29) is 0 Å². The van der Waals surface area contributed by atoms with Crippen molar-refractivity contribution >= 4 is 64.6 Å². The Kier molecular flexibility index (Phi) is 6.73. The lowest BCUT2D eigenvalue weighted by atomic mass is 9.88. The third-order valence-corrected chi connectivity index (χ3v) is 12.1. The van der Waals surface area contributed by atoms with E-state index in [1.807, 2.05) is 0 Å². The van der Waals surface area contributed by atoms with E-state index in [9.17, 15) is 0 Å². The Morgan fingerprint density at radius 3 is 0.964 bits per heavy atom. The van der Waals surface area contributed by atoms with Gasteiger partial charge in [0.05, 0.1) is 0 Å².